The van der Waals surface area contributed by atoms with Gasteiger partial charge in [0.2, 0.25) is 0 Å². The van der Waals surface area contributed by atoms with E-state index in [1.807, 2.05) is 6.07 Å². The Kier molecular flexibility index (Phi) is 3.78. The van der Waals surface area contributed by atoms with Crippen molar-refractivity contribution >= 4 is 11.7 Å². The van der Waals surface area contributed by atoms with Gasteiger partial charge in [-0.25, -0.2) is 4.98 Å². The van der Waals surface area contributed by atoms with E-state index in [0.29, 0.717) is 17.3 Å². The molecule has 0 aliphatic heterocycles. The SMILES string of the molecule is CC(C)(C)c1cc(C(=O)NCC2CCC2)cc(N)n1. The summed E-state index contributed by atoms with van der Waals surface area (Å²) < 4.78 is 0. The lowest BCUT2D eigenvalue weighted by Gasteiger charge is -2.25. The van der Waals surface area contributed by atoms with Gasteiger partial charge in [0.25, 0.3) is 5.91 Å². The highest BCUT2D eigenvalue weighted by molar-refractivity contribution is 5.95. The first kappa shape index (κ1) is 13.8. The highest BCUT2D eigenvalue weighted by Gasteiger charge is 2.21. The molecule has 1 aromatic rings. The topological polar surface area (TPSA) is 68.0 Å². The number of carbonyl (C=O) groups is 1. The largest absolute Gasteiger partial charge is 0.384 e. The van der Waals surface area contributed by atoms with Crippen molar-refractivity contribution in [2.24, 2.45) is 5.92 Å². The third-order valence-electron chi connectivity index (χ3n) is 3.65. The van der Waals surface area contributed by atoms with Crippen LogP contribution in [0.25, 0.3) is 0 Å². The Morgan fingerprint density at radius 2 is 2.11 bits per heavy atom. The van der Waals surface area contributed by atoms with Crippen LogP contribution >= 0.6 is 0 Å². The van der Waals surface area contributed by atoms with Crippen molar-refractivity contribution in [3.63, 3.8) is 0 Å². The van der Waals surface area contributed by atoms with Crippen LogP contribution in [0.15, 0.2) is 12.1 Å². The van der Waals surface area contributed by atoms with Gasteiger partial charge in [-0.3, -0.25) is 4.79 Å². The van der Waals surface area contributed by atoms with Gasteiger partial charge >= 0.3 is 0 Å². The maximum atomic E-state index is 12.1. The Bertz CT molecular complexity index is 473. The highest BCUT2D eigenvalue weighted by atomic mass is 16.1. The molecule has 0 unspecified atom stereocenters. The summed E-state index contributed by atoms with van der Waals surface area (Å²) in [5.41, 5.74) is 7.14. The van der Waals surface area contributed by atoms with Gasteiger partial charge in [-0.2, -0.15) is 0 Å². The first-order valence-electron chi connectivity index (χ1n) is 6.92. The number of anilines is 1. The van der Waals surface area contributed by atoms with E-state index in [9.17, 15) is 4.79 Å². The Balaban J connectivity index is 2.09. The number of nitrogens with two attached hydrogens (primary N) is 1. The minimum absolute atomic E-state index is 0.0495. The summed E-state index contributed by atoms with van der Waals surface area (Å²) in [6, 6.07) is 3.48. The molecule has 4 nitrogen and oxygen atoms in total. The molecule has 0 radical (unpaired) electrons. The average Bonchev–Trinajstić information content (AvgIpc) is 2.24. The van der Waals surface area contributed by atoms with E-state index in [-0.39, 0.29) is 11.3 Å². The number of nitrogens with zero attached hydrogens (tertiary/aromatic N) is 1. The maximum Gasteiger partial charge on any atom is 0.251 e. The number of nitrogens with one attached hydrogen (secondary N) is 1. The van der Waals surface area contributed by atoms with Crippen LogP contribution in [-0.2, 0) is 5.41 Å². The lowest BCUT2D eigenvalue weighted by molar-refractivity contribution is 0.0939. The molecule has 1 heterocycles. The molecule has 0 bridgehead atoms. The molecule has 1 fully saturated rings. The van der Waals surface area contributed by atoms with Crippen molar-refractivity contribution in [3.05, 3.63) is 23.4 Å². The Hall–Kier alpha value is -1.58. The molecule has 19 heavy (non-hydrogen) atoms. The van der Waals surface area contributed by atoms with Gasteiger partial charge in [0.05, 0.1) is 0 Å². The second kappa shape index (κ2) is 5.19. The molecule has 104 valence electrons. The minimum atomic E-state index is -0.113. The van der Waals surface area contributed by atoms with E-state index in [1.165, 1.54) is 19.3 Å². The van der Waals surface area contributed by atoms with Gasteiger partial charge < -0.3 is 11.1 Å². The molecule has 0 atom stereocenters. The molecule has 0 aromatic carbocycles. The van der Waals surface area contributed by atoms with Gasteiger partial charge in [0, 0.05) is 23.2 Å². The summed E-state index contributed by atoms with van der Waals surface area (Å²) in [7, 11) is 0. The van der Waals surface area contributed by atoms with E-state index < -0.39 is 0 Å². The van der Waals surface area contributed by atoms with Crippen molar-refractivity contribution in [2.75, 3.05) is 12.3 Å². The fourth-order valence-electron chi connectivity index (χ4n) is 2.10. The number of hydrogen-bond donors (Lipinski definition) is 2. The molecule has 3 N–H and O–H groups in total. The molecule has 1 saturated carbocycles. The molecular formula is C15H23N3O. The number of rotatable bonds is 3. The van der Waals surface area contributed by atoms with Crippen molar-refractivity contribution in [1.29, 1.82) is 0 Å². The van der Waals surface area contributed by atoms with Gasteiger partial charge in [-0.15, -0.1) is 0 Å². The Labute approximate surface area is 114 Å². The third-order valence-corrected chi connectivity index (χ3v) is 3.65. The van der Waals surface area contributed by atoms with E-state index in [1.54, 1.807) is 6.07 Å². The summed E-state index contributed by atoms with van der Waals surface area (Å²) in [6.07, 6.45) is 3.74. The average molecular weight is 261 g/mol. The molecule has 1 aromatic heterocycles. The highest BCUT2D eigenvalue weighted by Crippen LogP contribution is 2.25. The smallest absolute Gasteiger partial charge is 0.251 e. The number of carbonyl (C=O) groups excluding carboxylic acids is 1. The van der Waals surface area contributed by atoms with Gasteiger partial charge in [-0.1, -0.05) is 27.2 Å². The van der Waals surface area contributed by atoms with E-state index >= 15 is 0 Å². The second-order valence-corrected chi connectivity index (χ2v) is 6.42. The van der Waals surface area contributed by atoms with Crippen LogP contribution in [0.1, 0.15) is 56.1 Å². The monoisotopic (exact) mass is 261 g/mol. The summed E-state index contributed by atoms with van der Waals surface area (Å²) in [5, 5.41) is 2.98. The third kappa shape index (κ3) is 3.46. The van der Waals surface area contributed by atoms with Crippen molar-refractivity contribution in [3.8, 4) is 0 Å². The van der Waals surface area contributed by atoms with Crippen molar-refractivity contribution < 1.29 is 4.79 Å². The molecule has 1 aliphatic rings. The zero-order valence-electron chi connectivity index (χ0n) is 12.0. The normalized spacial score (nSPS) is 15.9. The standard InChI is InChI=1S/C15H23N3O/c1-15(2,3)12-7-11(8-13(16)18-12)14(19)17-9-10-5-4-6-10/h7-8,10H,4-6,9H2,1-3H3,(H2,16,18)(H,17,19). The molecule has 1 aliphatic carbocycles. The number of aromatic nitrogens is 1. The zero-order chi connectivity index (χ0) is 14.0. The Morgan fingerprint density at radius 1 is 1.42 bits per heavy atom. The predicted molar refractivity (Wildman–Crippen MR) is 77.0 cm³/mol. The minimum Gasteiger partial charge on any atom is -0.384 e. The van der Waals surface area contributed by atoms with Gasteiger partial charge in [0.15, 0.2) is 0 Å². The summed E-state index contributed by atoms with van der Waals surface area (Å²) in [6.45, 7) is 6.95. The van der Waals surface area contributed by atoms with E-state index in [0.717, 1.165) is 12.2 Å². The van der Waals surface area contributed by atoms with Crippen LogP contribution in [0.5, 0.6) is 0 Å². The van der Waals surface area contributed by atoms with E-state index in [2.05, 4.69) is 31.1 Å². The van der Waals surface area contributed by atoms with Crippen LogP contribution in [0.4, 0.5) is 5.82 Å². The molecule has 4 heteroatoms. The molecule has 2 rings (SSSR count). The van der Waals surface area contributed by atoms with Crippen molar-refractivity contribution in [2.45, 2.75) is 45.4 Å². The van der Waals surface area contributed by atoms with Gasteiger partial charge in [-0.05, 0) is 30.9 Å². The van der Waals surface area contributed by atoms with Crippen LogP contribution in [-0.4, -0.2) is 17.4 Å². The van der Waals surface area contributed by atoms with E-state index in [4.69, 9.17) is 5.73 Å². The summed E-state index contributed by atoms with van der Waals surface area (Å²) in [5.74, 6) is 1.01. The number of hydrogen-bond acceptors (Lipinski definition) is 3. The first-order chi connectivity index (χ1) is 8.86. The maximum absolute atomic E-state index is 12.1. The fourth-order valence-corrected chi connectivity index (χ4v) is 2.10. The fraction of sp³-hybridized carbons (Fsp3) is 0.600. The quantitative estimate of drug-likeness (QED) is 0.878. The molecule has 0 saturated heterocycles. The van der Waals surface area contributed by atoms with Crippen LogP contribution in [0, 0.1) is 5.92 Å². The lowest BCUT2D eigenvalue weighted by atomic mass is 9.85. The number of pyridine rings is 1. The predicted octanol–water partition coefficient (Wildman–Crippen LogP) is 2.49. The van der Waals surface area contributed by atoms with Gasteiger partial charge in [0.1, 0.15) is 5.82 Å². The zero-order valence-corrected chi connectivity index (χ0v) is 12.0. The number of nitrogen functional groups attached to an aromatic ring is 1. The van der Waals surface area contributed by atoms with Crippen LogP contribution < -0.4 is 11.1 Å². The molecule has 0 spiro atoms. The molecular weight excluding hydrogens is 238 g/mol. The van der Waals surface area contributed by atoms with Crippen LogP contribution in [0.3, 0.4) is 0 Å². The summed E-state index contributed by atoms with van der Waals surface area (Å²) >= 11 is 0. The lowest BCUT2D eigenvalue weighted by Crippen LogP contribution is -2.32. The Morgan fingerprint density at radius 3 is 2.63 bits per heavy atom. The number of amides is 1. The first-order valence-corrected chi connectivity index (χ1v) is 6.92. The van der Waals surface area contributed by atoms with Crippen LogP contribution in [0.2, 0.25) is 0 Å². The second-order valence-electron chi connectivity index (χ2n) is 6.42. The summed E-state index contributed by atoms with van der Waals surface area (Å²) in [4.78, 5) is 16.4. The van der Waals surface area contributed by atoms with Crippen molar-refractivity contribution in [1.82, 2.24) is 10.3 Å². The molecule has 1 amide bonds.